The lowest BCUT2D eigenvalue weighted by Gasteiger charge is -2.27. The quantitative estimate of drug-likeness (QED) is 0.328. The van der Waals surface area contributed by atoms with E-state index in [4.69, 9.17) is 32.9 Å². The van der Waals surface area contributed by atoms with E-state index in [0.29, 0.717) is 33.8 Å². The number of nitrogens with zero attached hydrogens (tertiary/aromatic N) is 3. The summed E-state index contributed by atoms with van der Waals surface area (Å²) in [5.74, 6) is 1.08. The second-order valence-electron chi connectivity index (χ2n) is 8.84. The standard InChI is InChI=1S/C28H25Cl2N3O2/c1-4-35-24-15-20(28(2,3)16-31)9-14-23(24)27-32-25(18-5-10-21(29)11-6-18)26(33(27)17-34)19-7-12-22(30)13-8-19/h5-15,17,25-26H,4H2,1-3H3/t25-,26+/m0/s1. The molecule has 2 atom stereocenters. The van der Waals surface area contributed by atoms with Crippen LogP contribution in [0.15, 0.2) is 71.7 Å². The molecule has 7 heteroatoms. The molecule has 0 spiro atoms. The number of hydrogen-bond donors (Lipinski definition) is 0. The van der Waals surface area contributed by atoms with Crippen LogP contribution < -0.4 is 4.74 Å². The summed E-state index contributed by atoms with van der Waals surface area (Å²) in [5, 5.41) is 10.8. The van der Waals surface area contributed by atoms with Gasteiger partial charge in [-0.3, -0.25) is 14.7 Å². The molecule has 0 unspecified atom stereocenters. The lowest BCUT2D eigenvalue weighted by Crippen LogP contribution is -2.31. The Hall–Kier alpha value is -3.33. The fourth-order valence-electron chi connectivity index (χ4n) is 4.23. The number of aliphatic imine (C=N–C) groups is 1. The topological polar surface area (TPSA) is 65.7 Å². The Bertz CT molecular complexity index is 1300. The molecule has 0 radical (unpaired) electrons. The van der Waals surface area contributed by atoms with Crippen molar-refractivity contribution in [3.05, 3.63) is 99.0 Å². The molecule has 1 heterocycles. The van der Waals surface area contributed by atoms with Crippen molar-refractivity contribution < 1.29 is 9.53 Å². The number of carbonyl (C=O) groups is 1. The first-order valence-electron chi connectivity index (χ1n) is 11.3. The van der Waals surface area contributed by atoms with Gasteiger partial charge in [0.1, 0.15) is 17.6 Å². The van der Waals surface area contributed by atoms with Crippen LogP contribution in [-0.4, -0.2) is 23.8 Å². The molecule has 0 bridgehead atoms. The second-order valence-corrected chi connectivity index (χ2v) is 9.71. The van der Waals surface area contributed by atoms with Crippen molar-refractivity contribution in [1.82, 2.24) is 4.90 Å². The van der Waals surface area contributed by atoms with Gasteiger partial charge in [-0.1, -0.05) is 53.5 Å². The van der Waals surface area contributed by atoms with Crippen molar-refractivity contribution in [2.75, 3.05) is 6.61 Å². The van der Waals surface area contributed by atoms with Crippen molar-refractivity contribution in [1.29, 1.82) is 5.26 Å². The Balaban J connectivity index is 1.88. The van der Waals surface area contributed by atoms with Gasteiger partial charge in [-0.05, 0) is 73.9 Å². The van der Waals surface area contributed by atoms with Crippen LogP contribution in [-0.2, 0) is 10.2 Å². The van der Waals surface area contributed by atoms with Crippen LogP contribution in [0.4, 0.5) is 0 Å². The lowest BCUT2D eigenvalue weighted by atomic mass is 9.85. The minimum absolute atomic E-state index is 0.363. The highest BCUT2D eigenvalue weighted by atomic mass is 35.5. The second kappa shape index (κ2) is 10.1. The number of benzene rings is 3. The number of rotatable bonds is 7. The molecule has 3 aromatic rings. The van der Waals surface area contributed by atoms with Gasteiger partial charge in [-0.25, -0.2) is 0 Å². The summed E-state index contributed by atoms with van der Waals surface area (Å²) in [5.41, 5.74) is 2.65. The molecule has 178 valence electrons. The first kappa shape index (κ1) is 24.8. The summed E-state index contributed by atoms with van der Waals surface area (Å²) in [7, 11) is 0. The highest BCUT2D eigenvalue weighted by Gasteiger charge is 2.40. The molecule has 5 nitrogen and oxygen atoms in total. The van der Waals surface area contributed by atoms with Crippen LogP contribution in [0.25, 0.3) is 0 Å². The van der Waals surface area contributed by atoms with E-state index >= 15 is 0 Å². The Kier molecular flexibility index (Phi) is 7.16. The average molecular weight is 506 g/mol. The van der Waals surface area contributed by atoms with Crippen LogP contribution in [0.3, 0.4) is 0 Å². The first-order valence-corrected chi connectivity index (χ1v) is 12.1. The van der Waals surface area contributed by atoms with Crippen LogP contribution in [0.1, 0.15) is 55.1 Å². The lowest BCUT2D eigenvalue weighted by molar-refractivity contribution is -0.116. The smallest absolute Gasteiger partial charge is 0.215 e. The number of ether oxygens (including phenoxy) is 1. The minimum atomic E-state index is -0.691. The number of amidine groups is 1. The van der Waals surface area contributed by atoms with Crippen molar-refractivity contribution in [3.8, 4) is 11.8 Å². The maximum Gasteiger partial charge on any atom is 0.215 e. The van der Waals surface area contributed by atoms with Crippen molar-refractivity contribution in [2.24, 2.45) is 4.99 Å². The summed E-state index contributed by atoms with van der Waals surface area (Å²) in [6.07, 6.45) is 0.802. The van der Waals surface area contributed by atoms with Crippen molar-refractivity contribution in [3.63, 3.8) is 0 Å². The third-order valence-electron chi connectivity index (χ3n) is 6.16. The third kappa shape index (κ3) is 4.91. The molecule has 1 aliphatic rings. The molecule has 0 saturated carbocycles. The van der Waals surface area contributed by atoms with Gasteiger partial charge >= 0.3 is 0 Å². The number of nitriles is 1. The molecule has 35 heavy (non-hydrogen) atoms. The van der Waals surface area contributed by atoms with Gasteiger partial charge in [0.2, 0.25) is 6.41 Å². The molecular formula is C28H25Cl2N3O2. The van der Waals surface area contributed by atoms with Gasteiger partial charge in [0, 0.05) is 10.0 Å². The van der Waals surface area contributed by atoms with E-state index in [-0.39, 0.29) is 12.1 Å². The largest absolute Gasteiger partial charge is 0.493 e. The van der Waals surface area contributed by atoms with Gasteiger partial charge in [-0.2, -0.15) is 5.26 Å². The van der Waals surface area contributed by atoms with Gasteiger partial charge < -0.3 is 4.74 Å². The van der Waals surface area contributed by atoms with E-state index in [1.165, 1.54) is 0 Å². The van der Waals surface area contributed by atoms with Crippen LogP contribution >= 0.6 is 23.2 Å². The Morgan fingerprint density at radius 1 is 1.03 bits per heavy atom. The zero-order chi connectivity index (χ0) is 25.2. The first-order chi connectivity index (χ1) is 16.8. The minimum Gasteiger partial charge on any atom is -0.493 e. The van der Waals surface area contributed by atoms with Crippen LogP contribution in [0.5, 0.6) is 5.75 Å². The zero-order valence-electron chi connectivity index (χ0n) is 19.7. The van der Waals surface area contributed by atoms with Gasteiger partial charge in [0.25, 0.3) is 0 Å². The maximum atomic E-state index is 12.5. The molecular weight excluding hydrogens is 481 g/mol. The van der Waals surface area contributed by atoms with E-state index in [9.17, 15) is 10.1 Å². The average Bonchev–Trinajstić information content (AvgIpc) is 3.24. The molecule has 1 aliphatic heterocycles. The number of hydrogen-bond acceptors (Lipinski definition) is 4. The number of amides is 1. The summed E-state index contributed by atoms with van der Waals surface area (Å²) < 4.78 is 5.97. The van der Waals surface area contributed by atoms with Crippen molar-refractivity contribution >= 4 is 35.4 Å². The number of carbonyl (C=O) groups excluding carboxylic acids is 1. The Morgan fingerprint density at radius 3 is 2.17 bits per heavy atom. The fourth-order valence-corrected chi connectivity index (χ4v) is 4.48. The molecule has 0 aromatic heterocycles. The molecule has 0 saturated heterocycles. The van der Waals surface area contributed by atoms with E-state index in [2.05, 4.69) is 6.07 Å². The predicted molar refractivity (Wildman–Crippen MR) is 139 cm³/mol. The normalized spacial score (nSPS) is 17.6. The van der Waals surface area contributed by atoms with Gasteiger partial charge in [0.05, 0.1) is 29.7 Å². The number of halogens is 2. The van der Waals surface area contributed by atoms with E-state index in [1.807, 2.05) is 75.4 Å². The molecule has 4 rings (SSSR count). The fraction of sp³-hybridized carbons (Fsp3) is 0.250. The molecule has 3 aromatic carbocycles. The van der Waals surface area contributed by atoms with Gasteiger partial charge in [0.15, 0.2) is 0 Å². The van der Waals surface area contributed by atoms with Gasteiger partial charge in [-0.15, -0.1) is 0 Å². The van der Waals surface area contributed by atoms with Crippen molar-refractivity contribution in [2.45, 2.75) is 38.3 Å². The van der Waals surface area contributed by atoms with E-state index < -0.39 is 5.41 Å². The maximum absolute atomic E-state index is 12.5. The van der Waals surface area contributed by atoms with E-state index in [0.717, 1.165) is 23.1 Å². The van der Waals surface area contributed by atoms with E-state index in [1.54, 1.807) is 17.0 Å². The summed E-state index contributed by atoms with van der Waals surface area (Å²) in [6, 6.07) is 22.1. The molecule has 0 aliphatic carbocycles. The zero-order valence-corrected chi connectivity index (χ0v) is 21.2. The summed E-state index contributed by atoms with van der Waals surface area (Å²) >= 11 is 12.3. The molecule has 1 amide bonds. The SMILES string of the molecule is CCOc1cc(C(C)(C)C#N)ccc1C1=N[C@@H](c2ccc(Cl)cc2)[C@@H](c2ccc(Cl)cc2)N1C=O. The molecule has 0 fully saturated rings. The Morgan fingerprint density at radius 2 is 1.63 bits per heavy atom. The highest BCUT2D eigenvalue weighted by molar-refractivity contribution is 6.30. The monoisotopic (exact) mass is 505 g/mol. The third-order valence-corrected chi connectivity index (χ3v) is 6.67. The summed E-state index contributed by atoms with van der Waals surface area (Å²) in [6.45, 7) is 6.04. The predicted octanol–water partition coefficient (Wildman–Crippen LogP) is 6.89. The highest BCUT2D eigenvalue weighted by Crippen LogP contribution is 2.44. The Labute approximate surface area is 215 Å². The molecule has 0 N–H and O–H groups in total. The van der Waals surface area contributed by atoms with Crippen LogP contribution in [0, 0.1) is 11.3 Å². The van der Waals surface area contributed by atoms with Crippen LogP contribution in [0.2, 0.25) is 10.0 Å². The summed E-state index contributed by atoms with van der Waals surface area (Å²) in [4.78, 5) is 19.2.